The maximum Gasteiger partial charge on any atom is 0.407 e. The van der Waals surface area contributed by atoms with Crippen molar-refractivity contribution in [3.63, 3.8) is 0 Å². The Balaban J connectivity index is 4.52. The Bertz CT molecular complexity index is 501. The van der Waals surface area contributed by atoms with Gasteiger partial charge in [0, 0.05) is 13.2 Å². The van der Waals surface area contributed by atoms with Gasteiger partial charge in [-0.05, 0) is 31.0 Å². The van der Waals surface area contributed by atoms with Gasteiger partial charge in [0.1, 0.15) is 0 Å². The van der Waals surface area contributed by atoms with E-state index in [4.69, 9.17) is 13.3 Å². The summed E-state index contributed by atoms with van der Waals surface area (Å²) in [6.07, 6.45) is 1.83. The van der Waals surface area contributed by atoms with E-state index < -0.39 is 30.6 Å². The van der Waals surface area contributed by atoms with Crippen molar-refractivity contribution < 1.29 is 26.6 Å². The highest BCUT2D eigenvalue weighted by Crippen LogP contribution is 2.36. The molecule has 0 aromatic heterocycles. The fourth-order valence-corrected chi connectivity index (χ4v) is 3.37. The molecule has 7 nitrogen and oxygen atoms in total. The molecule has 1 atom stereocenters. The van der Waals surface area contributed by atoms with Gasteiger partial charge in [0.15, 0.2) is 8.32 Å². The van der Waals surface area contributed by atoms with Crippen LogP contribution in [0.3, 0.4) is 0 Å². The molecule has 25 heavy (non-hydrogen) atoms. The van der Waals surface area contributed by atoms with E-state index in [1.54, 1.807) is 0 Å². The molecule has 1 amide bonds. The van der Waals surface area contributed by atoms with Crippen LogP contribution < -0.4 is 5.32 Å². The molecule has 0 aliphatic rings. The van der Waals surface area contributed by atoms with Gasteiger partial charge in [0.2, 0.25) is 0 Å². The quantitative estimate of drug-likeness (QED) is 0.327. The third-order valence-electron chi connectivity index (χ3n) is 4.22. The van der Waals surface area contributed by atoms with Gasteiger partial charge in [0.25, 0.3) is 10.1 Å². The molecule has 0 aliphatic heterocycles. The van der Waals surface area contributed by atoms with Crippen LogP contribution in [0.2, 0.25) is 18.1 Å². The van der Waals surface area contributed by atoms with Crippen LogP contribution in [0.1, 0.15) is 47.0 Å². The minimum absolute atomic E-state index is 0.0545. The predicted molar refractivity (Wildman–Crippen MR) is 102 cm³/mol. The fourth-order valence-electron chi connectivity index (χ4n) is 1.65. The third-order valence-corrected chi connectivity index (χ3v) is 9.38. The smallest absolute Gasteiger partial charge is 0.407 e. The first-order valence-electron chi connectivity index (χ1n) is 8.71. The van der Waals surface area contributed by atoms with Crippen molar-refractivity contribution in [3.05, 3.63) is 0 Å². The number of rotatable bonds is 11. The Kier molecular flexibility index (Phi) is 10.2. The molecule has 0 aromatic carbocycles. The van der Waals surface area contributed by atoms with Gasteiger partial charge < -0.3 is 14.5 Å². The summed E-state index contributed by atoms with van der Waals surface area (Å²) >= 11 is 0. The SMILES string of the molecule is CCCCOC(=O)NCC(CCO[Si](C)(C)C(C)(C)C)OS(C)(=O)=O. The summed E-state index contributed by atoms with van der Waals surface area (Å²) in [6.45, 7) is 13.4. The molecular weight excluding hydrogens is 362 g/mol. The maximum absolute atomic E-state index is 11.6. The number of carbonyl (C=O) groups is 1. The summed E-state index contributed by atoms with van der Waals surface area (Å²) in [5.74, 6) is 0. The molecule has 0 radical (unpaired) electrons. The highest BCUT2D eigenvalue weighted by atomic mass is 32.2. The molecule has 0 spiro atoms. The average Bonchev–Trinajstić information content (AvgIpc) is 2.42. The van der Waals surface area contributed by atoms with Crippen LogP contribution >= 0.6 is 0 Å². The van der Waals surface area contributed by atoms with Gasteiger partial charge in [-0.25, -0.2) is 4.79 Å². The van der Waals surface area contributed by atoms with Gasteiger partial charge in [-0.15, -0.1) is 0 Å². The molecule has 0 aliphatic carbocycles. The number of ether oxygens (including phenoxy) is 1. The standard InChI is InChI=1S/C16H35NO6SSi/c1-8-9-11-21-15(18)17-13-14(23-24(5,19)20)10-12-22-25(6,7)16(2,3)4/h14H,8-13H2,1-7H3,(H,17,18). The zero-order valence-corrected chi connectivity index (χ0v) is 18.5. The predicted octanol–water partition coefficient (Wildman–Crippen LogP) is 3.27. The fraction of sp³-hybridized carbons (Fsp3) is 0.938. The van der Waals surface area contributed by atoms with E-state index in [1.807, 2.05) is 6.92 Å². The number of amides is 1. The number of hydrogen-bond donors (Lipinski definition) is 1. The highest BCUT2D eigenvalue weighted by molar-refractivity contribution is 7.86. The van der Waals surface area contributed by atoms with Gasteiger partial charge in [-0.2, -0.15) is 8.42 Å². The van der Waals surface area contributed by atoms with E-state index >= 15 is 0 Å². The van der Waals surface area contributed by atoms with Crippen LogP contribution in [0, 0.1) is 0 Å². The molecular formula is C16H35NO6SSi. The molecule has 0 rings (SSSR count). The number of hydrogen-bond acceptors (Lipinski definition) is 6. The lowest BCUT2D eigenvalue weighted by Gasteiger charge is -2.36. The Labute approximate surface area is 154 Å². The van der Waals surface area contributed by atoms with Crippen molar-refractivity contribution in [1.29, 1.82) is 0 Å². The minimum atomic E-state index is -3.62. The third kappa shape index (κ3) is 11.6. The zero-order valence-electron chi connectivity index (χ0n) is 16.7. The first-order valence-corrected chi connectivity index (χ1v) is 13.4. The molecule has 9 heteroatoms. The van der Waals surface area contributed by atoms with E-state index in [-0.39, 0.29) is 11.6 Å². The van der Waals surface area contributed by atoms with Crippen LogP contribution in [0.4, 0.5) is 4.79 Å². The van der Waals surface area contributed by atoms with Crippen LogP contribution in [-0.2, 0) is 23.5 Å². The summed E-state index contributed by atoms with van der Waals surface area (Å²) in [5, 5.41) is 2.62. The largest absolute Gasteiger partial charge is 0.450 e. The van der Waals surface area contributed by atoms with Crippen molar-refractivity contribution in [2.45, 2.75) is 71.2 Å². The summed E-state index contributed by atoms with van der Waals surface area (Å²) in [4.78, 5) is 11.6. The molecule has 0 saturated carbocycles. The van der Waals surface area contributed by atoms with Crippen LogP contribution in [0.15, 0.2) is 0 Å². The van der Waals surface area contributed by atoms with E-state index in [9.17, 15) is 13.2 Å². The monoisotopic (exact) mass is 397 g/mol. The molecule has 0 fully saturated rings. The number of carbonyl (C=O) groups excluding carboxylic acids is 1. The Morgan fingerprint density at radius 3 is 2.28 bits per heavy atom. The molecule has 0 bridgehead atoms. The van der Waals surface area contributed by atoms with Crippen molar-refractivity contribution >= 4 is 24.5 Å². The van der Waals surface area contributed by atoms with Gasteiger partial charge in [-0.3, -0.25) is 4.18 Å². The summed E-state index contributed by atoms with van der Waals surface area (Å²) in [5.41, 5.74) is 0. The number of alkyl carbamates (subject to hydrolysis) is 1. The van der Waals surface area contributed by atoms with E-state index in [0.717, 1.165) is 19.1 Å². The molecule has 0 saturated heterocycles. The van der Waals surface area contributed by atoms with Crippen molar-refractivity contribution in [1.82, 2.24) is 5.32 Å². The van der Waals surface area contributed by atoms with Gasteiger partial charge >= 0.3 is 6.09 Å². The van der Waals surface area contributed by atoms with E-state index in [0.29, 0.717) is 19.6 Å². The average molecular weight is 398 g/mol. The molecule has 150 valence electrons. The Morgan fingerprint density at radius 2 is 1.80 bits per heavy atom. The van der Waals surface area contributed by atoms with E-state index in [1.165, 1.54) is 0 Å². The van der Waals surface area contributed by atoms with Crippen LogP contribution in [-0.4, -0.2) is 54.9 Å². The van der Waals surface area contributed by atoms with E-state index in [2.05, 4.69) is 39.2 Å². The normalized spacial score (nSPS) is 14.2. The van der Waals surface area contributed by atoms with Gasteiger partial charge in [0.05, 0.1) is 19.0 Å². The number of unbranched alkanes of at least 4 members (excludes halogenated alkanes) is 1. The van der Waals surface area contributed by atoms with Crippen LogP contribution in [0.5, 0.6) is 0 Å². The number of nitrogens with one attached hydrogen (secondary N) is 1. The zero-order chi connectivity index (χ0) is 19.7. The molecule has 0 heterocycles. The second-order valence-electron chi connectivity index (χ2n) is 7.69. The second-order valence-corrected chi connectivity index (χ2v) is 14.1. The first kappa shape index (κ1) is 24.4. The second kappa shape index (κ2) is 10.5. The molecule has 1 N–H and O–H groups in total. The minimum Gasteiger partial charge on any atom is -0.450 e. The Hall–Kier alpha value is -0.643. The lowest BCUT2D eigenvalue weighted by atomic mass is 10.2. The summed E-state index contributed by atoms with van der Waals surface area (Å²) in [7, 11) is -5.54. The maximum atomic E-state index is 11.6. The molecule has 1 unspecified atom stereocenters. The highest BCUT2D eigenvalue weighted by Gasteiger charge is 2.37. The van der Waals surface area contributed by atoms with Crippen molar-refractivity contribution in [3.8, 4) is 0 Å². The van der Waals surface area contributed by atoms with Crippen molar-refractivity contribution in [2.75, 3.05) is 26.0 Å². The molecule has 0 aromatic rings. The summed E-state index contributed by atoms with van der Waals surface area (Å²) in [6, 6.07) is 0. The van der Waals surface area contributed by atoms with Crippen LogP contribution in [0.25, 0.3) is 0 Å². The Morgan fingerprint density at radius 1 is 1.20 bits per heavy atom. The lowest BCUT2D eigenvalue weighted by molar-refractivity contribution is 0.128. The summed E-state index contributed by atoms with van der Waals surface area (Å²) < 4.78 is 38.9. The first-order chi connectivity index (χ1) is 11.3. The lowest BCUT2D eigenvalue weighted by Crippen LogP contribution is -2.42. The van der Waals surface area contributed by atoms with Gasteiger partial charge in [-0.1, -0.05) is 34.1 Å². The van der Waals surface area contributed by atoms with Crippen molar-refractivity contribution in [2.24, 2.45) is 0 Å². The topological polar surface area (TPSA) is 90.9 Å².